The highest BCUT2D eigenvalue weighted by Crippen LogP contribution is 2.35. The van der Waals surface area contributed by atoms with Crippen LogP contribution in [0.3, 0.4) is 0 Å². The number of benzene rings is 1. The van der Waals surface area contributed by atoms with Crippen LogP contribution in [0.2, 0.25) is 0 Å². The number of ether oxygens (including phenoxy) is 1. The molecule has 0 spiro atoms. The minimum Gasteiger partial charge on any atom is -0.494 e. The van der Waals surface area contributed by atoms with E-state index in [1.165, 1.54) is 12.8 Å². The Kier molecular flexibility index (Phi) is 5.06. The van der Waals surface area contributed by atoms with E-state index in [2.05, 4.69) is 10.2 Å². The number of hydrogen-bond acceptors (Lipinski definition) is 4. The van der Waals surface area contributed by atoms with Crippen LogP contribution in [0.15, 0.2) is 18.2 Å². The van der Waals surface area contributed by atoms with Crippen molar-refractivity contribution in [3.8, 4) is 5.75 Å². The Bertz CT molecular complexity index is 555. The number of rotatable bonds is 6. The van der Waals surface area contributed by atoms with Crippen LogP contribution >= 0.6 is 0 Å². The first kappa shape index (κ1) is 16.1. The molecule has 1 N–H and O–H groups in total. The van der Waals surface area contributed by atoms with Crippen molar-refractivity contribution in [3.63, 3.8) is 0 Å². The first-order valence-corrected chi connectivity index (χ1v) is 8.80. The fourth-order valence-corrected chi connectivity index (χ4v) is 3.43. The predicted octanol–water partition coefficient (Wildman–Crippen LogP) is 2.72. The predicted molar refractivity (Wildman–Crippen MR) is 93.3 cm³/mol. The lowest BCUT2D eigenvalue weighted by Crippen LogP contribution is -2.49. The number of nitrogens with one attached hydrogen (secondary N) is 1. The summed E-state index contributed by atoms with van der Waals surface area (Å²) in [5, 5.41) is 3.37. The summed E-state index contributed by atoms with van der Waals surface area (Å²) in [5.41, 5.74) is 1.98. The normalized spacial score (nSPS) is 21.2. The van der Waals surface area contributed by atoms with Crippen molar-refractivity contribution in [2.45, 2.75) is 39.2 Å². The molecule has 5 nitrogen and oxygen atoms in total. The van der Waals surface area contributed by atoms with E-state index in [0.717, 1.165) is 49.7 Å². The van der Waals surface area contributed by atoms with Gasteiger partial charge in [0.15, 0.2) is 0 Å². The van der Waals surface area contributed by atoms with Crippen molar-refractivity contribution in [1.29, 1.82) is 0 Å². The summed E-state index contributed by atoms with van der Waals surface area (Å²) < 4.78 is 5.59. The Balaban J connectivity index is 1.80. The van der Waals surface area contributed by atoms with Crippen molar-refractivity contribution in [1.82, 2.24) is 4.90 Å². The van der Waals surface area contributed by atoms with E-state index in [0.29, 0.717) is 6.61 Å². The number of carbonyl (C=O) groups excluding carboxylic acids is 1. The van der Waals surface area contributed by atoms with Gasteiger partial charge in [-0.25, -0.2) is 0 Å². The molecule has 1 fully saturated rings. The monoisotopic (exact) mass is 317 g/mol. The quantitative estimate of drug-likeness (QED) is 0.876. The molecule has 23 heavy (non-hydrogen) atoms. The van der Waals surface area contributed by atoms with Crippen molar-refractivity contribution in [3.05, 3.63) is 18.2 Å². The van der Waals surface area contributed by atoms with Gasteiger partial charge in [0.2, 0.25) is 5.91 Å². The zero-order chi connectivity index (χ0) is 16.2. The Morgan fingerprint density at radius 1 is 1.22 bits per heavy atom. The summed E-state index contributed by atoms with van der Waals surface area (Å²) in [6, 6.07) is 5.82. The molecule has 0 bridgehead atoms. The Morgan fingerprint density at radius 3 is 2.70 bits per heavy atom. The maximum atomic E-state index is 12.7. The summed E-state index contributed by atoms with van der Waals surface area (Å²) in [7, 11) is 0. The van der Waals surface area contributed by atoms with E-state index in [1.54, 1.807) is 0 Å². The molecule has 2 aliphatic heterocycles. The van der Waals surface area contributed by atoms with Crippen LogP contribution < -0.4 is 15.0 Å². The van der Waals surface area contributed by atoms with Crippen molar-refractivity contribution < 1.29 is 9.53 Å². The van der Waals surface area contributed by atoms with E-state index in [-0.39, 0.29) is 11.9 Å². The minimum atomic E-state index is -0.141. The van der Waals surface area contributed by atoms with Gasteiger partial charge in [0, 0.05) is 19.2 Å². The van der Waals surface area contributed by atoms with Crippen molar-refractivity contribution in [2.75, 3.05) is 43.0 Å². The fraction of sp³-hybridized carbons (Fsp3) is 0.611. The molecule has 1 unspecified atom stereocenters. The van der Waals surface area contributed by atoms with Gasteiger partial charge >= 0.3 is 0 Å². The summed E-state index contributed by atoms with van der Waals surface area (Å²) in [6.45, 7) is 8.71. The molecular weight excluding hydrogens is 290 g/mol. The molecule has 1 aromatic rings. The molecule has 2 heterocycles. The zero-order valence-electron chi connectivity index (χ0n) is 14.2. The van der Waals surface area contributed by atoms with Crippen LogP contribution in [0, 0.1) is 0 Å². The second-order valence-corrected chi connectivity index (χ2v) is 6.26. The maximum absolute atomic E-state index is 12.7. The van der Waals surface area contributed by atoms with Gasteiger partial charge < -0.3 is 19.9 Å². The van der Waals surface area contributed by atoms with E-state index in [9.17, 15) is 4.79 Å². The largest absolute Gasteiger partial charge is 0.494 e. The van der Waals surface area contributed by atoms with Gasteiger partial charge in [-0.05, 0) is 51.4 Å². The minimum absolute atomic E-state index is 0.141. The highest BCUT2D eigenvalue weighted by molar-refractivity contribution is 6.05. The van der Waals surface area contributed by atoms with Gasteiger partial charge in [0.05, 0.1) is 18.0 Å². The zero-order valence-corrected chi connectivity index (χ0v) is 14.2. The fourth-order valence-electron chi connectivity index (χ4n) is 3.43. The molecule has 1 amide bonds. The average molecular weight is 317 g/mol. The lowest BCUT2D eigenvalue weighted by molar-refractivity contribution is -0.119. The second-order valence-electron chi connectivity index (χ2n) is 6.26. The molecule has 1 saturated heterocycles. The molecule has 5 heteroatoms. The summed E-state index contributed by atoms with van der Waals surface area (Å²) in [6.07, 6.45) is 3.35. The number of carbonyl (C=O) groups is 1. The molecule has 1 atom stereocenters. The molecule has 1 aromatic carbocycles. The molecular formula is C18H27N3O2. The second kappa shape index (κ2) is 7.21. The van der Waals surface area contributed by atoms with Crippen LogP contribution in [0.5, 0.6) is 5.75 Å². The van der Waals surface area contributed by atoms with Gasteiger partial charge in [0.1, 0.15) is 11.8 Å². The molecule has 126 valence electrons. The van der Waals surface area contributed by atoms with E-state index in [4.69, 9.17) is 4.74 Å². The van der Waals surface area contributed by atoms with Crippen LogP contribution in [-0.2, 0) is 4.79 Å². The number of likely N-dealkylation sites (tertiary alicyclic amines) is 1. The van der Waals surface area contributed by atoms with Crippen molar-refractivity contribution in [2.24, 2.45) is 0 Å². The first-order chi connectivity index (χ1) is 11.2. The standard InChI is InChI=1S/C18H27N3O2/c1-3-15-18(22)21(12-11-20-9-5-6-10-20)17-8-7-14(23-4-2)13-16(17)19-15/h7-8,13,15,19H,3-6,9-12H2,1-2H3. The van der Waals surface area contributed by atoms with Crippen molar-refractivity contribution >= 4 is 17.3 Å². The number of fused-ring (bicyclic) bond motifs is 1. The first-order valence-electron chi connectivity index (χ1n) is 8.80. The van der Waals surface area contributed by atoms with Crippen LogP contribution in [-0.4, -0.2) is 49.6 Å². The average Bonchev–Trinajstić information content (AvgIpc) is 3.07. The third-order valence-electron chi connectivity index (χ3n) is 4.71. The summed E-state index contributed by atoms with van der Waals surface area (Å²) >= 11 is 0. The van der Waals surface area contributed by atoms with Gasteiger partial charge in [-0.3, -0.25) is 4.79 Å². The van der Waals surface area contributed by atoms with E-state index >= 15 is 0 Å². The van der Waals surface area contributed by atoms with Crippen LogP contribution in [0.4, 0.5) is 11.4 Å². The number of anilines is 2. The Morgan fingerprint density at radius 2 is 2.00 bits per heavy atom. The molecule has 0 radical (unpaired) electrons. The highest BCUT2D eigenvalue weighted by Gasteiger charge is 2.31. The van der Waals surface area contributed by atoms with Crippen LogP contribution in [0.1, 0.15) is 33.1 Å². The third-order valence-corrected chi connectivity index (χ3v) is 4.71. The van der Waals surface area contributed by atoms with Gasteiger partial charge in [-0.1, -0.05) is 6.92 Å². The van der Waals surface area contributed by atoms with E-state index < -0.39 is 0 Å². The molecule has 0 aliphatic carbocycles. The SMILES string of the molecule is CCOc1ccc2c(c1)NC(CC)C(=O)N2CCN1CCCC1. The highest BCUT2D eigenvalue weighted by atomic mass is 16.5. The maximum Gasteiger partial charge on any atom is 0.249 e. The topological polar surface area (TPSA) is 44.8 Å². The molecule has 3 rings (SSSR count). The summed E-state index contributed by atoms with van der Waals surface area (Å²) in [4.78, 5) is 17.1. The van der Waals surface area contributed by atoms with Gasteiger partial charge in [0.25, 0.3) is 0 Å². The van der Waals surface area contributed by atoms with Gasteiger partial charge in [-0.15, -0.1) is 0 Å². The Hall–Kier alpha value is -1.75. The molecule has 0 aromatic heterocycles. The number of nitrogens with zero attached hydrogens (tertiary/aromatic N) is 2. The lowest BCUT2D eigenvalue weighted by Gasteiger charge is -2.36. The smallest absolute Gasteiger partial charge is 0.249 e. The summed E-state index contributed by atoms with van der Waals surface area (Å²) in [5.74, 6) is 1.03. The molecule has 0 saturated carbocycles. The third kappa shape index (κ3) is 3.44. The Labute approximate surface area is 138 Å². The molecule has 2 aliphatic rings. The van der Waals surface area contributed by atoms with Crippen LogP contribution in [0.25, 0.3) is 0 Å². The lowest BCUT2D eigenvalue weighted by atomic mass is 10.1. The number of hydrogen-bond donors (Lipinski definition) is 1. The number of amides is 1. The van der Waals surface area contributed by atoms with E-state index in [1.807, 2.05) is 36.9 Å². The van der Waals surface area contributed by atoms with Gasteiger partial charge in [-0.2, -0.15) is 0 Å².